The number of imide groups is 1. The van der Waals surface area contributed by atoms with Crippen LogP contribution in [0.2, 0.25) is 5.02 Å². The molecule has 3 spiro atoms. The van der Waals surface area contributed by atoms with E-state index in [9.17, 15) is 28.8 Å². The van der Waals surface area contributed by atoms with E-state index in [1.807, 2.05) is 23.1 Å². The van der Waals surface area contributed by atoms with Gasteiger partial charge >= 0.3 is 5.69 Å². The minimum atomic E-state index is -1.63. The Morgan fingerprint density at radius 1 is 0.913 bits per heavy atom. The number of anilines is 2. The smallest absolute Gasteiger partial charge is 0.329 e. The fraction of sp³-hybridized carbons (Fsp3) is 0.472. The van der Waals surface area contributed by atoms with E-state index in [2.05, 4.69) is 27.3 Å². The Morgan fingerprint density at radius 3 is 2.41 bits per heavy atom. The third-order valence-electron chi connectivity index (χ3n) is 17.1. The van der Waals surface area contributed by atoms with Gasteiger partial charge < -0.3 is 15.5 Å². The van der Waals surface area contributed by atoms with E-state index in [1.54, 1.807) is 60.2 Å². The van der Waals surface area contributed by atoms with Gasteiger partial charge in [-0.3, -0.25) is 43.7 Å². The van der Waals surface area contributed by atoms with Gasteiger partial charge in [0.15, 0.2) is 0 Å². The Kier molecular flexibility index (Phi) is 11.5. The highest BCUT2D eigenvalue weighted by Gasteiger charge is 2.73. The molecule has 3 unspecified atom stereocenters. The zero-order valence-corrected chi connectivity index (χ0v) is 40.0. The number of halogens is 3. The summed E-state index contributed by atoms with van der Waals surface area (Å²) in [4.78, 5) is 83.2. The summed E-state index contributed by atoms with van der Waals surface area (Å²) >= 11 is 12.9. The Balaban J connectivity index is 0.739. The molecule has 5 heterocycles. The number of nitrogens with zero attached hydrogens (tertiary/aromatic N) is 3. The highest BCUT2D eigenvalue weighted by atomic mass is 35.5. The van der Waals surface area contributed by atoms with Gasteiger partial charge in [-0.15, -0.1) is 0 Å². The van der Waals surface area contributed by atoms with Gasteiger partial charge in [0.2, 0.25) is 23.6 Å². The minimum absolute atomic E-state index is 0.0244. The number of carbonyl (C=O) groups is 5. The van der Waals surface area contributed by atoms with Crippen LogP contribution in [0.3, 0.4) is 0 Å². The minimum Gasteiger partial charge on any atom is -0.339 e. The lowest BCUT2D eigenvalue weighted by Gasteiger charge is -2.52. The standard InChI is InChI=1S/C53H56Cl2FN7O6/c1-61-45-31(7-5-10-39(45)63(50(61)69)40-19-20-41(64)59-46(40)65)12-11-30-28-51(29-30)23-25-62(26-24-51)48(67)32-13-16-34(17-14-32)57-47(66)44-42(35-8-6-9-37(55)43(35)56)53(52(60-44)21-3-2-4-22-52)36-18-15-33(54)27-38(36)58-49(53)68/h5-10,13-18,27,30,35,40,42-44,60H,2-4,11-12,19-26,28-29H2,1H3,(H,57,66)(H,58,68)(H,59,64,65)/t35?,40?,42-,43?,44+,53+/m0/s1. The number of hydrogen-bond acceptors (Lipinski definition) is 7. The molecule has 3 aliphatic carbocycles. The predicted molar refractivity (Wildman–Crippen MR) is 262 cm³/mol. The molecular weight excluding hydrogens is 921 g/mol. The normalized spacial score (nSPS) is 28.2. The first kappa shape index (κ1) is 45.8. The van der Waals surface area contributed by atoms with Crippen molar-refractivity contribution in [2.75, 3.05) is 23.7 Å². The van der Waals surface area contributed by atoms with Gasteiger partial charge in [-0.25, -0.2) is 9.18 Å². The van der Waals surface area contributed by atoms with Gasteiger partial charge in [0.1, 0.15) is 12.2 Å². The van der Waals surface area contributed by atoms with Crippen molar-refractivity contribution in [1.29, 1.82) is 0 Å². The van der Waals surface area contributed by atoms with Crippen molar-refractivity contribution < 1.29 is 28.4 Å². The number of aryl methyl sites for hydroxylation is 2. The maximum Gasteiger partial charge on any atom is 0.329 e. The van der Waals surface area contributed by atoms with E-state index in [1.165, 1.54) is 10.6 Å². The number of rotatable bonds is 8. The molecule has 16 heteroatoms. The quantitative estimate of drug-likeness (QED) is 0.130. The molecular formula is C53H56Cl2FN7O6. The van der Waals surface area contributed by atoms with Gasteiger partial charge in [0, 0.05) is 65.9 Å². The number of amides is 5. The summed E-state index contributed by atoms with van der Waals surface area (Å²) < 4.78 is 19.6. The van der Waals surface area contributed by atoms with Crippen LogP contribution in [0, 0.1) is 23.2 Å². The molecule has 5 fully saturated rings. The molecule has 4 aromatic rings. The number of nitrogens with one attached hydrogen (secondary N) is 4. The summed E-state index contributed by atoms with van der Waals surface area (Å²) in [6.45, 7) is 1.32. The number of benzene rings is 3. The number of allylic oxidation sites excluding steroid dienone is 4. The molecule has 360 valence electrons. The van der Waals surface area contributed by atoms with E-state index < -0.39 is 52.9 Å². The number of alkyl halides is 1. The van der Waals surface area contributed by atoms with Crippen molar-refractivity contribution >= 4 is 75.1 Å². The molecule has 3 aromatic carbocycles. The lowest BCUT2D eigenvalue weighted by Crippen LogP contribution is -2.61. The van der Waals surface area contributed by atoms with E-state index in [0.29, 0.717) is 71.3 Å². The average Bonchev–Trinajstić information content (AvgIpc) is 3.89. The molecule has 4 aliphatic heterocycles. The fourth-order valence-electron chi connectivity index (χ4n) is 13.9. The molecule has 1 aromatic heterocycles. The Labute approximate surface area is 409 Å². The van der Waals surface area contributed by atoms with Crippen molar-refractivity contribution in [3.8, 4) is 0 Å². The SMILES string of the molecule is Cn1c(=O)n(C2CCC(=O)NC2=O)c2cccc(CCC3CC4(CCN(C(=O)c5ccc(NC(=O)[C@@H]6NC7(CCCCC7)[C@@]7(C(=O)Nc8cc(Cl)ccc87)[C@H]6C6C=CC=C(Cl)C6F)cc5)CC4)C3)c21. The van der Waals surface area contributed by atoms with E-state index in [4.69, 9.17) is 23.2 Å². The monoisotopic (exact) mass is 975 g/mol. The summed E-state index contributed by atoms with van der Waals surface area (Å²) in [6.07, 6.45) is 13.6. The molecule has 5 amide bonds. The molecule has 7 aliphatic rings. The molecule has 0 radical (unpaired) electrons. The molecule has 6 atom stereocenters. The van der Waals surface area contributed by atoms with E-state index in [0.717, 1.165) is 68.9 Å². The largest absolute Gasteiger partial charge is 0.339 e. The fourth-order valence-corrected chi connectivity index (χ4v) is 14.3. The van der Waals surface area contributed by atoms with Crippen LogP contribution in [0.25, 0.3) is 11.0 Å². The zero-order chi connectivity index (χ0) is 48.0. The average molecular weight is 977 g/mol. The third kappa shape index (κ3) is 7.41. The topological polar surface area (TPSA) is 164 Å². The predicted octanol–water partition coefficient (Wildman–Crippen LogP) is 8.00. The lowest BCUT2D eigenvalue weighted by molar-refractivity contribution is -0.136. The molecule has 13 nitrogen and oxygen atoms in total. The van der Waals surface area contributed by atoms with E-state index >= 15 is 4.39 Å². The summed E-state index contributed by atoms with van der Waals surface area (Å²) in [7, 11) is 1.74. The number of imidazole rings is 1. The maximum atomic E-state index is 16.5. The van der Waals surface area contributed by atoms with Crippen LogP contribution >= 0.6 is 23.2 Å². The maximum absolute atomic E-state index is 16.5. The van der Waals surface area contributed by atoms with Crippen molar-refractivity contribution in [3.63, 3.8) is 0 Å². The lowest BCUT2D eigenvalue weighted by atomic mass is 9.54. The van der Waals surface area contributed by atoms with Gasteiger partial charge in [-0.1, -0.05) is 72.8 Å². The van der Waals surface area contributed by atoms with Crippen LogP contribution < -0.4 is 27.0 Å². The molecule has 4 N–H and O–H groups in total. The summed E-state index contributed by atoms with van der Waals surface area (Å²) in [5.74, 6) is -2.69. The Hall–Kier alpha value is -5.57. The van der Waals surface area contributed by atoms with Crippen LogP contribution in [-0.2, 0) is 38.1 Å². The first-order chi connectivity index (χ1) is 33.2. The molecule has 3 saturated heterocycles. The highest BCUT2D eigenvalue weighted by molar-refractivity contribution is 6.31. The second-order valence-corrected chi connectivity index (χ2v) is 21.7. The summed E-state index contributed by atoms with van der Waals surface area (Å²) in [5.41, 5.74) is 2.70. The first-order valence-corrected chi connectivity index (χ1v) is 25.3. The summed E-state index contributed by atoms with van der Waals surface area (Å²) in [6, 6.07) is 16.4. The first-order valence-electron chi connectivity index (χ1n) is 24.5. The molecule has 69 heavy (non-hydrogen) atoms. The van der Waals surface area contributed by atoms with Crippen LogP contribution in [0.4, 0.5) is 15.8 Å². The van der Waals surface area contributed by atoms with E-state index in [-0.39, 0.29) is 40.3 Å². The van der Waals surface area contributed by atoms with Crippen molar-refractivity contribution in [1.82, 2.24) is 24.7 Å². The van der Waals surface area contributed by atoms with Gasteiger partial charge in [-0.05, 0) is 129 Å². The number of para-hydroxylation sites is 1. The number of hydrogen-bond donors (Lipinski definition) is 4. The van der Waals surface area contributed by atoms with Crippen LogP contribution in [0.1, 0.15) is 105 Å². The van der Waals surface area contributed by atoms with Crippen LogP contribution in [0.15, 0.2) is 88.7 Å². The molecule has 0 bridgehead atoms. The number of piperidine rings is 2. The van der Waals surface area contributed by atoms with Gasteiger partial charge in [0.05, 0.1) is 27.5 Å². The Morgan fingerprint density at radius 2 is 1.67 bits per heavy atom. The van der Waals surface area contributed by atoms with Gasteiger partial charge in [-0.2, -0.15) is 0 Å². The zero-order valence-electron chi connectivity index (χ0n) is 38.5. The molecule has 2 saturated carbocycles. The second-order valence-electron chi connectivity index (χ2n) is 20.8. The van der Waals surface area contributed by atoms with Crippen LogP contribution in [-0.4, -0.2) is 74.4 Å². The number of aromatic nitrogens is 2. The number of likely N-dealkylation sites (tertiary alicyclic amines) is 1. The highest BCUT2D eigenvalue weighted by Crippen LogP contribution is 2.62. The number of fused-ring (bicyclic) bond motifs is 4. The second kappa shape index (κ2) is 17.4. The third-order valence-corrected chi connectivity index (χ3v) is 17.7. The Bertz CT molecular complexity index is 2920. The van der Waals surface area contributed by atoms with Crippen molar-refractivity contribution in [2.24, 2.45) is 30.2 Å². The number of carbonyl (C=O) groups excluding carboxylic acids is 5. The van der Waals surface area contributed by atoms with Crippen molar-refractivity contribution in [2.45, 2.75) is 113 Å². The molecule has 11 rings (SSSR count). The van der Waals surface area contributed by atoms with Crippen LogP contribution in [0.5, 0.6) is 0 Å². The van der Waals surface area contributed by atoms with Gasteiger partial charge in [0.25, 0.3) is 5.91 Å². The summed E-state index contributed by atoms with van der Waals surface area (Å²) in [5, 5.41) is 12.7. The van der Waals surface area contributed by atoms with Crippen molar-refractivity contribution in [3.05, 3.63) is 116 Å².